The van der Waals surface area contributed by atoms with Crippen LogP contribution in [0.5, 0.6) is 0 Å². The first-order valence-corrected chi connectivity index (χ1v) is 5.81. The molecule has 3 N–H and O–H groups in total. The zero-order valence-electron chi connectivity index (χ0n) is 9.92. The van der Waals surface area contributed by atoms with Crippen molar-refractivity contribution in [1.29, 1.82) is 0 Å². The second kappa shape index (κ2) is 5.50. The lowest BCUT2D eigenvalue weighted by atomic mass is 10.1. The summed E-state index contributed by atoms with van der Waals surface area (Å²) in [7, 11) is 1.90. The molecule has 17 heavy (non-hydrogen) atoms. The number of aromatic amines is 1. The predicted octanol–water partition coefficient (Wildman–Crippen LogP) is 1.51. The Bertz CT molecular complexity index is 504. The number of fused-ring (bicyclic) bond motifs is 1. The summed E-state index contributed by atoms with van der Waals surface area (Å²) in [6.07, 6.45) is 2.81. The van der Waals surface area contributed by atoms with Crippen LogP contribution in [0.2, 0.25) is 0 Å². The van der Waals surface area contributed by atoms with E-state index in [0.29, 0.717) is 12.1 Å². The van der Waals surface area contributed by atoms with Gasteiger partial charge in [-0.15, -0.1) is 0 Å². The predicted molar refractivity (Wildman–Crippen MR) is 69.2 cm³/mol. The average Bonchev–Trinajstić information content (AvgIpc) is 2.81. The molecule has 0 saturated heterocycles. The van der Waals surface area contributed by atoms with Gasteiger partial charge in [-0.3, -0.25) is 4.79 Å². The Kier molecular flexibility index (Phi) is 3.77. The molecule has 4 nitrogen and oxygen atoms in total. The molecule has 0 saturated carbocycles. The Balaban J connectivity index is 1.98. The van der Waals surface area contributed by atoms with E-state index < -0.39 is 0 Å². The highest BCUT2D eigenvalue weighted by atomic mass is 16.1. The van der Waals surface area contributed by atoms with Crippen LogP contribution in [0, 0.1) is 0 Å². The lowest BCUT2D eigenvalue weighted by molar-refractivity contribution is 0.0953. The van der Waals surface area contributed by atoms with Crippen LogP contribution in [0.3, 0.4) is 0 Å². The highest BCUT2D eigenvalue weighted by molar-refractivity contribution is 5.98. The summed E-state index contributed by atoms with van der Waals surface area (Å²) in [5, 5.41) is 7.01. The van der Waals surface area contributed by atoms with Gasteiger partial charge in [0.1, 0.15) is 0 Å². The standard InChI is InChI=1S/C13H17N3O/c1-14-6-2-7-16-13(17)11-3-4-12-10(9-11)5-8-15-12/h3-5,8-9,14-15H,2,6-7H2,1H3,(H,16,17). The number of carbonyl (C=O) groups is 1. The van der Waals surface area contributed by atoms with Crippen LogP contribution in [0.4, 0.5) is 0 Å². The number of aromatic nitrogens is 1. The summed E-state index contributed by atoms with van der Waals surface area (Å²) in [6, 6.07) is 7.64. The van der Waals surface area contributed by atoms with Gasteiger partial charge in [-0.05, 0) is 44.3 Å². The molecule has 0 radical (unpaired) electrons. The van der Waals surface area contributed by atoms with Gasteiger partial charge in [-0.2, -0.15) is 0 Å². The largest absolute Gasteiger partial charge is 0.361 e. The lowest BCUT2D eigenvalue weighted by Gasteiger charge is -2.05. The molecule has 0 bridgehead atoms. The summed E-state index contributed by atoms with van der Waals surface area (Å²) in [6.45, 7) is 1.61. The molecule has 2 aromatic rings. The van der Waals surface area contributed by atoms with Crippen molar-refractivity contribution in [2.75, 3.05) is 20.1 Å². The van der Waals surface area contributed by atoms with Crippen LogP contribution in [0.1, 0.15) is 16.8 Å². The molecule has 0 aliphatic rings. The number of H-pyrrole nitrogens is 1. The highest BCUT2D eigenvalue weighted by Crippen LogP contribution is 2.13. The van der Waals surface area contributed by atoms with Crippen molar-refractivity contribution in [2.24, 2.45) is 0 Å². The molecule has 0 fully saturated rings. The van der Waals surface area contributed by atoms with Gasteiger partial charge in [-0.1, -0.05) is 0 Å². The van der Waals surface area contributed by atoms with Crippen LogP contribution in [0.25, 0.3) is 10.9 Å². The van der Waals surface area contributed by atoms with Gasteiger partial charge in [0.2, 0.25) is 0 Å². The molecule has 0 spiro atoms. The molecular weight excluding hydrogens is 214 g/mol. The van der Waals surface area contributed by atoms with Crippen LogP contribution < -0.4 is 10.6 Å². The van der Waals surface area contributed by atoms with Crippen LogP contribution in [0.15, 0.2) is 30.5 Å². The fraction of sp³-hybridized carbons (Fsp3) is 0.308. The zero-order valence-corrected chi connectivity index (χ0v) is 9.92. The van der Waals surface area contributed by atoms with E-state index in [9.17, 15) is 4.79 Å². The first kappa shape index (κ1) is 11.7. The minimum Gasteiger partial charge on any atom is -0.361 e. The van der Waals surface area contributed by atoms with E-state index in [1.54, 1.807) is 0 Å². The average molecular weight is 231 g/mol. The normalized spacial score (nSPS) is 10.6. The molecule has 1 aromatic heterocycles. The Morgan fingerprint density at radius 3 is 3.00 bits per heavy atom. The molecule has 0 atom stereocenters. The smallest absolute Gasteiger partial charge is 0.251 e. The van der Waals surface area contributed by atoms with Crippen molar-refractivity contribution in [2.45, 2.75) is 6.42 Å². The van der Waals surface area contributed by atoms with Gasteiger partial charge < -0.3 is 15.6 Å². The van der Waals surface area contributed by atoms with Gasteiger partial charge >= 0.3 is 0 Å². The Morgan fingerprint density at radius 1 is 1.29 bits per heavy atom. The first-order valence-electron chi connectivity index (χ1n) is 5.81. The van der Waals surface area contributed by atoms with Gasteiger partial charge in [0.05, 0.1) is 0 Å². The third-order valence-electron chi connectivity index (χ3n) is 2.70. The topological polar surface area (TPSA) is 56.9 Å². The van der Waals surface area contributed by atoms with Crippen molar-refractivity contribution >= 4 is 16.8 Å². The molecule has 1 aromatic carbocycles. The number of nitrogens with one attached hydrogen (secondary N) is 3. The van der Waals surface area contributed by atoms with Crippen molar-refractivity contribution < 1.29 is 4.79 Å². The summed E-state index contributed by atoms with van der Waals surface area (Å²) < 4.78 is 0. The Morgan fingerprint density at radius 2 is 2.18 bits per heavy atom. The van der Waals surface area contributed by atoms with Crippen molar-refractivity contribution in [3.63, 3.8) is 0 Å². The molecule has 1 heterocycles. The van der Waals surface area contributed by atoms with Gasteiger partial charge in [0.25, 0.3) is 5.91 Å². The maximum Gasteiger partial charge on any atom is 0.251 e. The van der Waals surface area contributed by atoms with E-state index >= 15 is 0 Å². The first-order chi connectivity index (χ1) is 8.31. The monoisotopic (exact) mass is 231 g/mol. The van der Waals surface area contributed by atoms with Gasteiger partial charge in [-0.25, -0.2) is 0 Å². The quantitative estimate of drug-likeness (QED) is 0.683. The number of benzene rings is 1. The third-order valence-corrected chi connectivity index (χ3v) is 2.70. The van der Waals surface area contributed by atoms with Crippen molar-refractivity contribution in [3.8, 4) is 0 Å². The maximum atomic E-state index is 11.8. The second-order valence-corrected chi connectivity index (χ2v) is 3.99. The zero-order chi connectivity index (χ0) is 12.1. The minimum absolute atomic E-state index is 0.01000. The molecule has 0 unspecified atom stereocenters. The molecular formula is C13H17N3O. The number of hydrogen-bond donors (Lipinski definition) is 3. The van der Waals surface area contributed by atoms with E-state index in [1.807, 2.05) is 37.5 Å². The third kappa shape index (κ3) is 2.85. The summed E-state index contributed by atoms with van der Waals surface area (Å²) in [5.41, 5.74) is 1.76. The molecule has 90 valence electrons. The SMILES string of the molecule is CNCCCNC(=O)c1ccc2[nH]ccc2c1. The number of amides is 1. The Hall–Kier alpha value is -1.81. The van der Waals surface area contributed by atoms with Crippen LogP contribution >= 0.6 is 0 Å². The number of carbonyl (C=O) groups excluding carboxylic acids is 1. The number of hydrogen-bond acceptors (Lipinski definition) is 2. The summed E-state index contributed by atoms with van der Waals surface area (Å²) >= 11 is 0. The number of rotatable bonds is 5. The van der Waals surface area contributed by atoms with Gasteiger partial charge in [0.15, 0.2) is 0 Å². The molecule has 0 aliphatic carbocycles. The Labute approximate surface area is 100 Å². The molecule has 1 amide bonds. The van der Waals surface area contributed by atoms with Crippen LogP contribution in [-0.2, 0) is 0 Å². The fourth-order valence-electron chi connectivity index (χ4n) is 1.76. The molecule has 4 heteroatoms. The molecule has 2 rings (SSSR count). The van der Waals surface area contributed by atoms with E-state index in [-0.39, 0.29) is 5.91 Å². The van der Waals surface area contributed by atoms with Crippen molar-refractivity contribution in [3.05, 3.63) is 36.0 Å². The van der Waals surface area contributed by atoms with E-state index in [1.165, 1.54) is 0 Å². The maximum absolute atomic E-state index is 11.8. The lowest BCUT2D eigenvalue weighted by Crippen LogP contribution is -2.26. The summed E-state index contributed by atoms with van der Waals surface area (Å²) in [5.74, 6) is -0.01000. The van der Waals surface area contributed by atoms with E-state index in [2.05, 4.69) is 15.6 Å². The van der Waals surface area contributed by atoms with Crippen molar-refractivity contribution in [1.82, 2.24) is 15.6 Å². The molecule has 0 aliphatic heterocycles. The highest BCUT2D eigenvalue weighted by Gasteiger charge is 2.05. The van der Waals surface area contributed by atoms with E-state index in [0.717, 1.165) is 23.9 Å². The van der Waals surface area contributed by atoms with E-state index in [4.69, 9.17) is 0 Å². The van der Waals surface area contributed by atoms with Gasteiger partial charge in [0, 0.05) is 29.2 Å². The van der Waals surface area contributed by atoms with Crippen LogP contribution in [-0.4, -0.2) is 31.0 Å². The fourth-order valence-corrected chi connectivity index (χ4v) is 1.76. The summed E-state index contributed by atoms with van der Waals surface area (Å²) in [4.78, 5) is 14.9. The second-order valence-electron chi connectivity index (χ2n) is 3.99. The minimum atomic E-state index is -0.01000.